The number of carbonyl (C=O) groups excluding carboxylic acids is 1. The van der Waals surface area contributed by atoms with E-state index in [0.717, 1.165) is 16.3 Å². The number of hydrogen-bond acceptors (Lipinski definition) is 5. The molecule has 1 saturated heterocycles. The Kier molecular flexibility index (Phi) is 6.28. The van der Waals surface area contributed by atoms with Gasteiger partial charge in [-0.1, -0.05) is 24.3 Å². The molecule has 4 rings (SSSR count). The number of thiophene rings is 1. The number of nitrogens with one attached hydrogen (secondary N) is 2. The van der Waals surface area contributed by atoms with Gasteiger partial charge in [0.1, 0.15) is 0 Å². The number of aliphatic hydroxyl groups excluding tert-OH is 1. The molecule has 142 valence electrons. The summed E-state index contributed by atoms with van der Waals surface area (Å²) in [6.45, 7) is 1.71. The minimum Gasteiger partial charge on any atom is -0.391 e. The van der Waals surface area contributed by atoms with E-state index < -0.39 is 6.10 Å². The maximum absolute atomic E-state index is 12.6. The van der Waals surface area contributed by atoms with Crippen LogP contribution in [0.3, 0.4) is 0 Å². The van der Waals surface area contributed by atoms with E-state index >= 15 is 0 Å². The van der Waals surface area contributed by atoms with Crippen LogP contribution in [-0.4, -0.2) is 46.5 Å². The van der Waals surface area contributed by atoms with Gasteiger partial charge in [0, 0.05) is 25.6 Å². The molecule has 2 aromatic heterocycles. The van der Waals surface area contributed by atoms with Gasteiger partial charge < -0.3 is 15.7 Å². The third kappa shape index (κ3) is 4.22. The van der Waals surface area contributed by atoms with E-state index in [0.29, 0.717) is 25.3 Å². The van der Waals surface area contributed by atoms with Gasteiger partial charge in [-0.05, 0) is 29.6 Å². The first-order valence-corrected chi connectivity index (χ1v) is 9.46. The lowest BCUT2D eigenvalue weighted by Gasteiger charge is -2.13. The highest BCUT2D eigenvalue weighted by Crippen LogP contribution is 2.28. The minimum absolute atomic E-state index is 0. The Morgan fingerprint density at radius 1 is 1.26 bits per heavy atom. The maximum atomic E-state index is 12.6. The summed E-state index contributed by atoms with van der Waals surface area (Å²) in [6.07, 6.45) is -0.418. The number of benzene rings is 1. The molecular formula is C19H21ClN4O2S. The quantitative estimate of drug-likeness (QED) is 0.609. The number of rotatable bonds is 5. The zero-order valence-electron chi connectivity index (χ0n) is 14.5. The Labute approximate surface area is 167 Å². The summed E-state index contributed by atoms with van der Waals surface area (Å²) in [6, 6.07) is 15.6. The normalized spacial score (nSPS) is 18.9. The first kappa shape index (κ1) is 19.6. The van der Waals surface area contributed by atoms with Crippen LogP contribution in [0.1, 0.15) is 10.5 Å². The summed E-state index contributed by atoms with van der Waals surface area (Å²) in [5.41, 5.74) is 2.17. The van der Waals surface area contributed by atoms with Crippen molar-refractivity contribution in [3.8, 4) is 16.3 Å². The molecule has 1 aliphatic rings. The molecule has 3 heterocycles. The van der Waals surface area contributed by atoms with Gasteiger partial charge >= 0.3 is 0 Å². The molecule has 3 N–H and O–H groups in total. The van der Waals surface area contributed by atoms with Crippen LogP contribution in [0.2, 0.25) is 0 Å². The molecule has 1 fully saturated rings. The van der Waals surface area contributed by atoms with Gasteiger partial charge in [-0.3, -0.25) is 4.79 Å². The van der Waals surface area contributed by atoms with Crippen molar-refractivity contribution in [2.24, 2.45) is 5.92 Å². The predicted molar refractivity (Wildman–Crippen MR) is 109 cm³/mol. The van der Waals surface area contributed by atoms with E-state index in [2.05, 4.69) is 15.7 Å². The average molecular weight is 405 g/mol. The topological polar surface area (TPSA) is 79.2 Å². The minimum atomic E-state index is -0.418. The van der Waals surface area contributed by atoms with Crippen LogP contribution < -0.4 is 10.6 Å². The molecule has 1 aromatic carbocycles. The second-order valence-corrected chi connectivity index (χ2v) is 7.28. The molecule has 6 nitrogen and oxygen atoms in total. The lowest BCUT2D eigenvalue weighted by Crippen LogP contribution is -2.34. The molecule has 27 heavy (non-hydrogen) atoms. The molecular weight excluding hydrogens is 384 g/mol. The van der Waals surface area contributed by atoms with Crippen LogP contribution >= 0.6 is 23.7 Å². The Morgan fingerprint density at radius 3 is 2.74 bits per heavy atom. The van der Waals surface area contributed by atoms with Crippen molar-refractivity contribution >= 4 is 29.7 Å². The lowest BCUT2D eigenvalue weighted by atomic mass is 10.1. The molecule has 0 saturated carbocycles. The Morgan fingerprint density at radius 2 is 2.07 bits per heavy atom. The number of para-hydroxylation sites is 1. The Bertz CT molecular complexity index is 883. The van der Waals surface area contributed by atoms with Gasteiger partial charge in [-0.2, -0.15) is 5.10 Å². The molecule has 1 amide bonds. The van der Waals surface area contributed by atoms with E-state index in [9.17, 15) is 9.90 Å². The average Bonchev–Trinajstić information content (AvgIpc) is 3.41. The molecule has 8 heteroatoms. The van der Waals surface area contributed by atoms with Gasteiger partial charge in [0.15, 0.2) is 5.69 Å². The summed E-state index contributed by atoms with van der Waals surface area (Å²) < 4.78 is 1.80. The Balaban J connectivity index is 0.00000210. The van der Waals surface area contributed by atoms with Gasteiger partial charge in [0.25, 0.3) is 5.91 Å². The van der Waals surface area contributed by atoms with Crippen LogP contribution in [0.5, 0.6) is 0 Å². The molecule has 1 aliphatic heterocycles. The van der Waals surface area contributed by atoms with E-state index in [1.54, 1.807) is 16.0 Å². The van der Waals surface area contributed by atoms with Crippen molar-refractivity contribution in [2.45, 2.75) is 6.10 Å². The highest BCUT2D eigenvalue weighted by Gasteiger charge is 2.26. The molecule has 0 bridgehead atoms. The number of nitrogens with zero attached hydrogens (tertiary/aromatic N) is 2. The summed E-state index contributed by atoms with van der Waals surface area (Å²) in [4.78, 5) is 13.6. The second kappa shape index (κ2) is 8.67. The zero-order chi connectivity index (χ0) is 17.9. The molecule has 2 unspecified atom stereocenters. The van der Waals surface area contributed by atoms with Crippen LogP contribution in [0, 0.1) is 5.92 Å². The van der Waals surface area contributed by atoms with E-state index in [1.165, 1.54) is 0 Å². The van der Waals surface area contributed by atoms with Crippen LogP contribution in [0.25, 0.3) is 16.3 Å². The maximum Gasteiger partial charge on any atom is 0.271 e. The number of aromatic nitrogens is 2. The highest BCUT2D eigenvalue weighted by molar-refractivity contribution is 7.13. The lowest BCUT2D eigenvalue weighted by molar-refractivity contribution is 0.0921. The van der Waals surface area contributed by atoms with Gasteiger partial charge in [0.05, 0.1) is 22.4 Å². The second-order valence-electron chi connectivity index (χ2n) is 6.34. The van der Waals surface area contributed by atoms with Crippen LogP contribution in [-0.2, 0) is 0 Å². The summed E-state index contributed by atoms with van der Waals surface area (Å²) in [5, 5.41) is 22.4. The number of halogens is 1. The first-order valence-electron chi connectivity index (χ1n) is 8.59. The SMILES string of the molecule is Cl.O=C(NCC1CNCC1O)c1cc(-c2cccs2)n(-c2ccccc2)n1. The standard InChI is InChI=1S/C19H20N4O2S.ClH/c24-17-12-20-10-13(17)11-21-19(25)15-9-16(18-7-4-8-26-18)23(22-15)14-5-2-1-3-6-14;/h1-9,13,17,20,24H,10-12H2,(H,21,25);1H. The fraction of sp³-hybridized carbons (Fsp3) is 0.263. The van der Waals surface area contributed by atoms with Crippen molar-refractivity contribution in [3.63, 3.8) is 0 Å². The van der Waals surface area contributed by atoms with Crippen LogP contribution in [0.4, 0.5) is 0 Å². The smallest absolute Gasteiger partial charge is 0.271 e. The van der Waals surface area contributed by atoms with Gasteiger partial charge in [-0.15, -0.1) is 23.7 Å². The summed E-state index contributed by atoms with van der Waals surface area (Å²) in [7, 11) is 0. The largest absolute Gasteiger partial charge is 0.391 e. The number of carbonyl (C=O) groups is 1. The van der Waals surface area contributed by atoms with E-state index in [4.69, 9.17) is 0 Å². The first-order chi connectivity index (χ1) is 12.7. The molecule has 0 spiro atoms. The number of amides is 1. The van der Waals surface area contributed by atoms with Crippen LogP contribution in [0.15, 0.2) is 53.9 Å². The van der Waals surface area contributed by atoms with Crippen molar-refractivity contribution < 1.29 is 9.90 Å². The number of hydrogen-bond donors (Lipinski definition) is 3. The number of aliphatic hydroxyl groups is 1. The Hall–Kier alpha value is -2.19. The third-order valence-electron chi connectivity index (χ3n) is 4.55. The summed E-state index contributed by atoms with van der Waals surface area (Å²) in [5.74, 6) is -0.191. The monoisotopic (exact) mass is 404 g/mol. The van der Waals surface area contributed by atoms with Crippen molar-refractivity contribution in [1.29, 1.82) is 0 Å². The van der Waals surface area contributed by atoms with E-state index in [1.807, 2.05) is 53.9 Å². The summed E-state index contributed by atoms with van der Waals surface area (Å²) >= 11 is 1.61. The molecule has 3 aromatic rings. The number of β-amino-alcohol motifs (C(OH)–C–C–N with tert-alkyl or cyclic N) is 1. The van der Waals surface area contributed by atoms with Gasteiger partial charge in [0.2, 0.25) is 0 Å². The molecule has 0 radical (unpaired) electrons. The third-order valence-corrected chi connectivity index (χ3v) is 5.44. The highest BCUT2D eigenvalue weighted by atomic mass is 35.5. The fourth-order valence-corrected chi connectivity index (χ4v) is 3.83. The predicted octanol–water partition coefficient (Wildman–Crippen LogP) is 2.33. The molecule has 2 atom stereocenters. The van der Waals surface area contributed by atoms with Gasteiger partial charge in [-0.25, -0.2) is 4.68 Å². The van der Waals surface area contributed by atoms with Crippen molar-refractivity contribution in [1.82, 2.24) is 20.4 Å². The molecule has 0 aliphatic carbocycles. The fourth-order valence-electron chi connectivity index (χ4n) is 3.10. The van der Waals surface area contributed by atoms with E-state index in [-0.39, 0.29) is 24.2 Å². The van der Waals surface area contributed by atoms with Crippen molar-refractivity contribution in [2.75, 3.05) is 19.6 Å². The zero-order valence-corrected chi connectivity index (χ0v) is 16.2. The van der Waals surface area contributed by atoms with Crippen molar-refractivity contribution in [3.05, 3.63) is 59.6 Å².